The van der Waals surface area contributed by atoms with Gasteiger partial charge in [-0.05, 0) is 18.4 Å². The van der Waals surface area contributed by atoms with Crippen LogP contribution in [-0.2, 0) is 0 Å². The maximum absolute atomic E-state index is 8.82. The van der Waals surface area contributed by atoms with Gasteiger partial charge in [-0.25, -0.2) is 0 Å². The molecule has 1 aliphatic heterocycles. The number of nitrogens with one attached hydrogen (secondary N) is 1. The number of dihydropyridines is 1. The van der Waals surface area contributed by atoms with E-state index in [0.717, 1.165) is 0 Å². The number of halogens is 1. The van der Waals surface area contributed by atoms with Crippen LogP contribution in [0.1, 0.15) is 0 Å². The predicted octanol–water partition coefficient (Wildman–Crippen LogP) is 0.0294. The first-order chi connectivity index (χ1) is 4.66. The summed E-state index contributed by atoms with van der Waals surface area (Å²) >= 11 is 3.27. The molecule has 0 fully saturated rings. The van der Waals surface area contributed by atoms with Gasteiger partial charge in [0.15, 0.2) is 0 Å². The number of alkyl halides is 1. The van der Waals surface area contributed by atoms with E-state index in [9.17, 15) is 0 Å². The highest BCUT2D eigenvalue weighted by atomic mass is 79.9. The van der Waals surface area contributed by atoms with Crippen molar-refractivity contribution >= 4 is 15.9 Å². The molecule has 0 saturated carbocycles. The van der Waals surface area contributed by atoms with E-state index in [1.807, 2.05) is 0 Å². The molecule has 0 bridgehead atoms. The van der Waals surface area contributed by atoms with E-state index in [0.29, 0.717) is 5.70 Å². The molecule has 10 heavy (non-hydrogen) atoms. The number of hydrogen-bond donors (Lipinski definition) is 3. The number of hydrogen-bond acceptors (Lipinski definition) is 3. The Morgan fingerprint density at radius 2 is 2.50 bits per heavy atom. The van der Waals surface area contributed by atoms with Gasteiger partial charge in [-0.3, -0.25) is 0 Å². The molecular formula is C6H9BrN2O. The number of allylic oxidation sites excluding steroid dienone is 1. The zero-order valence-corrected chi connectivity index (χ0v) is 6.93. The predicted molar refractivity (Wildman–Crippen MR) is 43.3 cm³/mol. The van der Waals surface area contributed by atoms with Gasteiger partial charge in [-0.1, -0.05) is 15.9 Å². The van der Waals surface area contributed by atoms with Gasteiger partial charge in [0.05, 0.1) is 6.61 Å². The van der Waals surface area contributed by atoms with Crippen LogP contribution in [0.3, 0.4) is 0 Å². The average molecular weight is 205 g/mol. The molecule has 4 N–H and O–H groups in total. The molecule has 0 aromatic carbocycles. The molecule has 0 radical (unpaired) electrons. The molecule has 3 nitrogen and oxygen atoms in total. The lowest BCUT2D eigenvalue weighted by Gasteiger charge is -2.24. The van der Waals surface area contributed by atoms with Crippen LogP contribution in [0.4, 0.5) is 0 Å². The van der Waals surface area contributed by atoms with Gasteiger partial charge in [-0.2, -0.15) is 0 Å². The Morgan fingerprint density at radius 3 is 2.90 bits per heavy atom. The third-order valence-corrected chi connectivity index (χ3v) is 1.93. The highest BCUT2D eigenvalue weighted by Gasteiger charge is 2.22. The lowest BCUT2D eigenvalue weighted by molar-refractivity contribution is 0.260. The van der Waals surface area contributed by atoms with E-state index in [-0.39, 0.29) is 6.61 Å². The Kier molecular flexibility index (Phi) is 2.01. The van der Waals surface area contributed by atoms with Crippen LogP contribution < -0.4 is 11.1 Å². The fourth-order valence-electron chi connectivity index (χ4n) is 0.722. The zero-order valence-electron chi connectivity index (χ0n) is 5.34. The molecule has 0 aromatic rings. The second kappa shape index (κ2) is 2.64. The van der Waals surface area contributed by atoms with Crippen LogP contribution in [0.5, 0.6) is 0 Å². The van der Waals surface area contributed by atoms with Crippen molar-refractivity contribution in [2.24, 2.45) is 5.73 Å². The average Bonchev–Trinajstić information content (AvgIpc) is 1.88. The Bertz CT molecular complexity index is 190. The van der Waals surface area contributed by atoms with Crippen LogP contribution in [0.2, 0.25) is 0 Å². The molecule has 4 heteroatoms. The third kappa shape index (κ3) is 1.52. The highest BCUT2D eigenvalue weighted by molar-refractivity contribution is 9.10. The summed E-state index contributed by atoms with van der Waals surface area (Å²) in [5, 5.41) is 11.7. The largest absolute Gasteiger partial charge is 0.399 e. The molecule has 56 valence electrons. The van der Waals surface area contributed by atoms with Gasteiger partial charge in [0.1, 0.15) is 4.45 Å². The first-order valence-corrected chi connectivity index (χ1v) is 3.68. The van der Waals surface area contributed by atoms with Gasteiger partial charge in [-0.15, -0.1) is 0 Å². The lowest BCUT2D eigenvalue weighted by atomic mass is 10.2. The molecule has 0 amide bonds. The summed E-state index contributed by atoms with van der Waals surface area (Å²) in [4.78, 5) is 0. The first-order valence-electron chi connectivity index (χ1n) is 2.89. The smallest absolute Gasteiger partial charge is 0.137 e. The fraction of sp³-hybridized carbons (Fsp3) is 0.333. The van der Waals surface area contributed by atoms with E-state index in [4.69, 9.17) is 10.8 Å². The van der Waals surface area contributed by atoms with Crippen molar-refractivity contribution in [3.05, 3.63) is 24.0 Å². The SMILES string of the molecule is NC1=CC(Br)(CO)NC=C1. The number of rotatable bonds is 1. The van der Waals surface area contributed by atoms with Crippen molar-refractivity contribution in [1.29, 1.82) is 0 Å². The molecule has 1 atom stereocenters. The molecule has 1 aliphatic rings. The summed E-state index contributed by atoms with van der Waals surface area (Å²) < 4.78 is -0.564. The Labute approximate surface area is 67.7 Å². The summed E-state index contributed by atoms with van der Waals surface area (Å²) in [6.07, 6.45) is 5.14. The van der Waals surface area contributed by atoms with Crippen LogP contribution in [-0.4, -0.2) is 16.2 Å². The normalized spacial score (nSPS) is 31.2. The molecule has 0 saturated heterocycles. The maximum Gasteiger partial charge on any atom is 0.137 e. The minimum atomic E-state index is -0.564. The van der Waals surface area contributed by atoms with Crippen molar-refractivity contribution in [2.75, 3.05) is 6.61 Å². The summed E-state index contributed by atoms with van der Waals surface area (Å²) in [6, 6.07) is 0. The Hall–Kier alpha value is -0.480. The minimum absolute atomic E-state index is 0.0297. The minimum Gasteiger partial charge on any atom is -0.399 e. The van der Waals surface area contributed by atoms with Crippen LogP contribution >= 0.6 is 15.9 Å². The monoisotopic (exact) mass is 204 g/mol. The lowest BCUT2D eigenvalue weighted by Crippen LogP contribution is -2.39. The Morgan fingerprint density at radius 1 is 1.80 bits per heavy atom. The van der Waals surface area contributed by atoms with Gasteiger partial charge in [0.2, 0.25) is 0 Å². The molecular weight excluding hydrogens is 196 g/mol. The summed E-state index contributed by atoms with van der Waals surface area (Å²) in [6.45, 7) is -0.0297. The summed E-state index contributed by atoms with van der Waals surface area (Å²) in [5.74, 6) is 0. The van der Waals surface area contributed by atoms with Gasteiger partial charge >= 0.3 is 0 Å². The zero-order chi connectivity index (χ0) is 7.61. The fourth-order valence-corrected chi connectivity index (χ4v) is 1.12. The molecule has 0 aliphatic carbocycles. The van der Waals surface area contributed by atoms with Crippen molar-refractivity contribution in [3.8, 4) is 0 Å². The third-order valence-electron chi connectivity index (χ3n) is 1.22. The molecule has 0 aromatic heterocycles. The summed E-state index contributed by atoms with van der Waals surface area (Å²) in [7, 11) is 0. The van der Waals surface area contributed by atoms with Crippen molar-refractivity contribution in [2.45, 2.75) is 4.45 Å². The van der Waals surface area contributed by atoms with Crippen molar-refractivity contribution < 1.29 is 5.11 Å². The van der Waals surface area contributed by atoms with E-state index in [2.05, 4.69) is 21.2 Å². The number of aliphatic hydroxyl groups is 1. The van der Waals surface area contributed by atoms with E-state index >= 15 is 0 Å². The molecule has 1 unspecified atom stereocenters. The standard InChI is InChI=1S/C6H9BrN2O/c7-6(4-10)3-5(8)1-2-9-6/h1-3,9-10H,4,8H2. The quantitative estimate of drug-likeness (QED) is 0.418. The maximum atomic E-state index is 8.82. The molecule has 1 heterocycles. The topological polar surface area (TPSA) is 58.3 Å². The molecule has 1 rings (SSSR count). The van der Waals surface area contributed by atoms with Crippen molar-refractivity contribution in [1.82, 2.24) is 5.32 Å². The van der Waals surface area contributed by atoms with E-state index in [1.54, 1.807) is 18.4 Å². The van der Waals surface area contributed by atoms with E-state index < -0.39 is 4.45 Å². The molecule has 0 spiro atoms. The van der Waals surface area contributed by atoms with Gasteiger partial charge in [0.25, 0.3) is 0 Å². The number of aliphatic hydroxyl groups excluding tert-OH is 1. The van der Waals surface area contributed by atoms with E-state index in [1.165, 1.54) is 0 Å². The summed E-state index contributed by atoms with van der Waals surface area (Å²) in [5.41, 5.74) is 6.12. The van der Waals surface area contributed by atoms with Gasteiger partial charge < -0.3 is 16.2 Å². The number of nitrogens with two attached hydrogens (primary N) is 1. The van der Waals surface area contributed by atoms with Gasteiger partial charge in [0, 0.05) is 5.70 Å². The van der Waals surface area contributed by atoms with Crippen molar-refractivity contribution in [3.63, 3.8) is 0 Å². The second-order valence-corrected chi connectivity index (χ2v) is 3.56. The van der Waals surface area contributed by atoms with Crippen LogP contribution in [0, 0.1) is 0 Å². The van der Waals surface area contributed by atoms with Crippen LogP contribution in [0.25, 0.3) is 0 Å². The highest BCUT2D eigenvalue weighted by Crippen LogP contribution is 2.19. The Balaban J connectivity index is 2.76. The first kappa shape index (κ1) is 7.63. The van der Waals surface area contributed by atoms with Crippen LogP contribution in [0.15, 0.2) is 24.0 Å². The second-order valence-electron chi connectivity index (χ2n) is 2.14.